The molecule has 3 aromatic rings. The van der Waals surface area contributed by atoms with Crippen molar-refractivity contribution in [3.63, 3.8) is 0 Å². The molecule has 0 aliphatic heterocycles. The van der Waals surface area contributed by atoms with Gasteiger partial charge in [0.1, 0.15) is 0 Å². The standard InChI is InChI=1S/C19H18B3NS/c1-18(2,3)12-4-7-14(8-5-12)23-16-11-24-17-9-6-13(10-15(16)17)19(20,21)22/h4-11,23H,1-3H3. The number of hydrogen-bond donors (Lipinski definition) is 1. The van der Waals surface area contributed by atoms with Gasteiger partial charge in [-0.3, -0.25) is 0 Å². The van der Waals surface area contributed by atoms with Gasteiger partial charge >= 0.3 is 0 Å². The molecule has 24 heavy (non-hydrogen) atoms. The van der Waals surface area contributed by atoms with Gasteiger partial charge < -0.3 is 5.32 Å². The van der Waals surface area contributed by atoms with E-state index in [1.807, 2.05) is 18.2 Å². The van der Waals surface area contributed by atoms with Crippen LogP contribution >= 0.6 is 11.3 Å². The Morgan fingerprint density at radius 1 is 0.875 bits per heavy atom. The Labute approximate surface area is 152 Å². The molecule has 0 unspecified atom stereocenters. The van der Waals surface area contributed by atoms with Crippen molar-refractivity contribution in [1.82, 2.24) is 0 Å². The minimum Gasteiger partial charge on any atom is -0.354 e. The summed E-state index contributed by atoms with van der Waals surface area (Å²) in [4.78, 5) is 0. The molecule has 0 fully saturated rings. The molecule has 114 valence electrons. The molecule has 0 aliphatic carbocycles. The summed E-state index contributed by atoms with van der Waals surface area (Å²) in [7, 11) is 17.4. The predicted molar refractivity (Wildman–Crippen MR) is 109 cm³/mol. The molecule has 1 N–H and O–H groups in total. The summed E-state index contributed by atoms with van der Waals surface area (Å²) in [6.45, 7) is 6.63. The first-order valence-electron chi connectivity index (χ1n) is 7.90. The van der Waals surface area contributed by atoms with Crippen LogP contribution in [-0.2, 0) is 10.5 Å². The zero-order valence-corrected chi connectivity index (χ0v) is 15.1. The number of hydrogen-bond acceptors (Lipinski definition) is 2. The molecular weight excluding hydrogens is 307 g/mol. The maximum Gasteiger partial charge on any atom is 0.0573 e. The summed E-state index contributed by atoms with van der Waals surface area (Å²) in [5, 5.41) is 5.31. The fourth-order valence-corrected chi connectivity index (χ4v) is 3.48. The highest BCUT2D eigenvalue weighted by Crippen LogP contribution is 2.34. The van der Waals surface area contributed by atoms with E-state index in [0.717, 1.165) is 21.5 Å². The number of anilines is 2. The Bertz CT molecular complexity index is 855. The Hall–Kier alpha value is -1.61. The molecule has 0 spiro atoms. The van der Waals surface area contributed by atoms with E-state index >= 15 is 0 Å². The zero-order chi connectivity index (χ0) is 17.5. The van der Waals surface area contributed by atoms with Gasteiger partial charge in [0.25, 0.3) is 0 Å². The van der Waals surface area contributed by atoms with E-state index in [4.69, 9.17) is 23.5 Å². The van der Waals surface area contributed by atoms with Crippen LogP contribution in [0, 0.1) is 0 Å². The quantitative estimate of drug-likeness (QED) is 0.696. The van der Waals surface area contributed by atoms with E-state index in [1.54, 1.807) is 11.3 Å². The molecule has 1 aromatic heterocycles. The van der Waals surface area contributed by atoms with Gasteiger partial charge in [-0.2, -0.15) is 0 Å². The molecule has 2 aromatic carbocycles. The summed E-state index contributed by atoms with van der Waals surface area (Å²) in [6, 6.07) is 14.4. The highest BCUT2D eigenvalue weighted by atomic mass is 32.1. The maximum absolute atomic E-state index is 5.82. The highest BCUT2D eigenvalue weighted by Gasteiger charge is 2.15. The van der Waals surface area contributed by atoms with E-state index in [9.17, 15) is 0 Å². The topological polar surface area (TPSA) is 12.0 Å². The molecule has 0 saturated heterocycles. The van der Waals surface area contributed by atoms with Gasteiger partial charge in [-0.15, -0.1) is 16.4 Å². The summed E-state index contributed by atoms with van der Waals surface area (Å²) in [5.74, 6) is 0. The minimum atomic E-state index is -1.33. The Morgan fingerprint density at radius 2 is 1.50 bits per heavy atom. The van der Waals surface area contributed by atoms with E-state index in [1.165, 1.54) is 5.56 Å². The number of benzene rings is 2. The lowest BCUT2D eigenvalue weighted by Gasteiger charge is -2.21. The Kier molecular flexibility index (Phi) is 4.33. The molecule has 1 nitrogen and oxygen atoms in total. The molecule has 3 rings (SSSR count). The van der Waals surface area contributed by atoms with Crippen molar-refractivity contribution in [2.45, 2.75) is 31.3 Å². The van der Waals surface area contributed by atoms with Crippen LogP contribution < -0.4 is 5.32 Å². The van der Waals surface area contributed by atoms with Gasteiger partial charge in [0.05, 0.1) is 29.2 Å². The third-order valence-electron chi connectivity index (χ3n) is 4.10. The van der Waals surface area contributed by atoms with Crippen molar-refractivity contribution in [2.24, 2.45) is 0 Å². The van der Waals surface area contributed by atoms with Crippen molar-refractivity contribution in [3.05, 3.63) is 59.0 Å². The van der Waals surface area contributed by atoms with Gasteiger partial charge in [-0.25, -0.2) is 0 Å². The van der Waals surface area contributed by atoms with Crippen LogP contribution in [0.15, 0.2) is 47.8 Å². The Balaban J connectivity index is 1.92. The highest BCUT2D eigenvalue weighted by molar-refractivity contribution is 7.17. The number of rotatable bonds is 3. The fourth-order valence-electron chi connectivity index (χ4n) is 2.60. The maximum atomic E-state index is 5.82. The lowest BCUT2D eigenvalue weighted by Crippen LogP contribution is -2.26. The van der Waals surface area contributed by atoms with E-state index in [0.29, 0.717) is 5.56 Å². The molecule has 0 saturated carbocycles. The largest absolute Gasteiger partial charge is 0.354 e. The van der Waals surface area contributed by atoms with Gasteiger partial charge in [-0.1, -0.05) is 44.5 Å². The summed E-state index contributed by atoms with van der Waals surface area (Å²) < 4.78 is 1.16. The second-order valence-corrected chi connectivity index (χ2v) is 8.16. The summed E-state index contributed by atoms with van der Waals surface area (Å²) in [6.07, 6.45) is 0. The van der Waals surface area contributed by atoms with Gasteiger partial charge in [-0.05, 0) is 35.2 Å². The molecule has 1 heterocycles. The molecule has 6 radical (unpaired) electrons. The van der Waals surface area contributed by atoms with Crippen LogP contribution in [0.4, 0.5) is 11.4 Å². The first-order chi connectivity index (χ1) is 11.1. The smallest absolute Gasteiger partial charge is 0.0573 e. The lowest BCUT2D eigenvalue weighted by molar-refractivity contribution is 0.590. The second-order valence-electron chi connectivity index (χ2n) is 7.25. The third-order valence-corrected chi connectivity index (χ3v) is 5.07. The average Bonchev–Trinajstić information content (AvgIpc) is 2.88. The van der Waals surface area contributed by atoms with Gasteiger partial charge in [0.2, 0.25) is 0 Å². The number of nitrogens with one attached hydrogen (secondary N) is 1. The van der Waals surface area contributed by atoms with E-state index < -0.39 is 5.11 Å². The summed E-state index contributed by atoms with van der Waals surface area (Å²) >= 11 is 1.67. The second kappa shape index (κ2) is 6.04. The molecule has 5 heteroatoms. The van der Waals surface area contributed by atoms with Crippen LogP contribution in [0.5, 0.6) is 0 Å². The van der Waals surface area contributed by atoms with Crippen LogP contribution in [0.3, 0.4) is 0 Å². The van der Waals surface area contributed by atoms with Crippen molar-refractivity contribution in [2.75, 3.05) is 5.32 Å². The monoisotopic (exact) mass is 325 g/mol. The van der Waals surface area contributed by atoms with Gasteiger partial charge in [0.15, 0.2) is 0 Å². The normalized spacial score (nSPS) is 12.5. The summed E-state index contributed by atoms with van der Waals surface area (Å²) in [5.41, 5.74) is 4.25. The number of fused-ring (bicyclic) bond motifs is 1. The third kappa shape index (κ3) is 3.56. The lowest BCUT2D eigenvalue weighted by atomic mass is 9.40. The first kappa shape index (κ1) is 17.2. The van der Waals surface area contributed by atoms with Gasteiger partial charge in [0, 0.05) is 21.2 Å². The predicted octanol–water partition coefficient (Wildman–Crippen LogP) is 4.56. The van der Waals surface area contributed by atoms with E-state index in [-0.39, 0.29) is 5.41 Å². The molecule has 0 bridgehead atoms. The average molecular weight is 325 g/mol. The fraction of sp³-hybridized carbons (Fsp3) is 0.263. The molecule has 0 aliphatic rings. The number of thiophene rings is 1. The first-order valence-corrected chi connectivity index (χ1v) is 8.78. The van der Waals surface area contributed by atoms with Crippen LogP contribution in [0.25, 0.3) is 10.1 Å². The van der Waals surface area contributed by atoms with Crippen LogP contribution in [-0.4, -0.2) is 23.5 Å². The molecule has 0 amide bonds. The Morgan fingerprint density at radius 3 is 2.08 bits per heavy atom. The molecular formula is C19H18B3NS. The van der Waals surface area contributed by atoms with Crippen molar-refractivity contribution >= 4 is 56.3 Å². The zero-order valence-electron chi connectivity index (χ0n) is 14.3. The van der Waals surface area contributed by atoms with Crippen LogP contribution in [0.2, 0.25) is 0 Å². The van der Waals surface area contributed by atoms with Crippen LogP contribution in [0.1, 0.15) is 31.9 Å². The minimum absolute atomic E-state index is 0.148. The molecule has 0 atom stereocenters. The van der Waals surface area contributed by atoms with E-state index in [2.05, 4.69) is 55.7 Å². The van der Waals surface area contributed by atoms with Crippen molar-refractivity contribution in [1.29, 1.82) is 0 Å². The van der Waals surface area contributed by atoms with Crippen molar-refractivity contribution < 1.29 is 0 Å². The van der Waals surface area contributed by atoms with Crippen molar-refractivity contribution in [3.8, 4) is 0 Å². The SMILES string of the molecule is [B]C([B])([B])c1ccc2scc(Nc3ccc(C(C)(C)C)cc3)c2c1.